The minimum atomic E-state index is 0.0923. The molecule has 0 N–H and O–H groups in total. The van der Waals surface area contributed by atoms with Crippen molar-refractivity contribution >= 4 is 11.6 Å². The van der Waals surface area contributed by atoms with Gasteiger partial charge in [-0.2, -0.15) is 0 Å². The van der Waals surface area contributed by atoms with Gasteiger partial charge in [-0.3, -0.25) is 0 Å². The zero-order chi connectivity index (χ0) is 11.7. The van der Waals surface area contributed by atoms with Crippen molar-refractivity contribution in [3.63, 3.8) is 0 Å². The van der Waals surface area contributed by atoms with E-state index in [0.29, 0.717) is 0 Å². The molecule has 1 aromatic heterocycles. The highest BCUT2D eigenvalue weighted by atomic mass is 35.5. The Balaban J connectivity index is 1.86. The Morgan fingerprint density at radius 2 is 2.00 bits per heavy atom. The highest BCUT2D eigenvalue weighted by Gasteiger charge is 2.21. The van der Waals surface area contributed by atoms with E-state index < -0.39 is 0 Å². The Labute approximate surface area is 105 Å². The van der Waals surface area contributed by atoms with Crippen molar-refractivity contribution in [2.24, 2.45) is 0 Å². The summed E-state index contributed by atoms with van der Waals surface area (Å²) >= 11 is 5.88. The topological polar surface area (TPSA) is 22.1 Å². The fraction of sp³-hybridized carbons (Fsp3) is 0.214. The first-order valence-corrected chi connectivity index (χ1v) is 6.07. The van der Waals surface area contributed by atoms with Gasteiger partial charge in [0.15, 0.2) is 0 Å². The highest BCUT2D eigenvalue weighted by Crippen LogP contribution is 2.33. The second-order valence-corrected chi connectivity index (χ2v) is 4.60. The molecule has 86 valence electrons. The lowest BCUT2D eigenvalue weighted by Gasteiger charge is -2.25. The number of aromatic nitrogens is 1. The summed E-state index contributed by atoms with van der Waals surface area (Å²) < 4.78 is 5.90. The number of aryl methyl sites for hydroxylation is 1. The minimum Gasteiger partial charge on any atom is -0.469 e. The van der Waals surface area contributed by atoms with Gasteiger partial charge in [0.25, 0.3) is 0 Å². The second-order valence-electron chi connectivity index (χ2n) is 4.16. The number of hydrogen-bond acceptors (Lipinski definition) is 2. The maximum Gasteiger partial charge on any atom is 0.217 e. The molecule has 1 unspecified atom stereocenters. The third-order valence-electron chi connectivity index (χ3n) is 3.02. The number of fused-ring (bicyclic) bond motifs is 1. The molecule has 1 aliphatic heterocycles. The predicted octanol–water partition coefficient (Wildman–Crippen LogP) is 3.80. The molecule has 2 aromatic rings. The Kier molecular flexibility index (Phi) is 2.73. The first-order chi connectivity index (χ1) is 8.33. The van der Waals surface area contributed by atoms with E-state index in [4.69, 9.17) is 16.3 Å². The number of hydrogen-bond donors (Lipinski definition) is 0. The number of rotatable bonds is 1. The summed E-state index contributed by atoms with van der Waals surface area (Å²) in [5.41, 5.74) is 2.35. The van der Waals surface area contributed by atoms with Crippen molar-refractivity contribution in [2.45, 2.75) is 18.9 Å². The molecule has 0 saturated carbocycles. The molecule has 0 spiro atoms. The van der Waals surface area contributed by atoms with E-state index in [1.807, 2.05) is 30.3 Å². The van der Waals surface area contributed by atoms with Gasteiger partial charge >= 0.3 is 0 Å². The van der Waals surface area contributed by atoms with Gasteiger partial charge < -0.3 is 4.74 Å². The number of benzene rings is 1. The molecular formula is C14H12ClNO. The minimum absolute atomic E-state index is 0.0923. The summed E-state index contributed by atoms with van der Waals surface area (Å²) in [6, 6.07) is 11.8. The fourth-order valence-electron chi connectivity index (χ4n) is 2.11. The average Bonchev–Trinajstić information content (AvgIpc) is 2.39. The maximum absolute atomic E-state index is 5.90. The zero-order valence-corrected chi connectivity index (χ0v) is 10.0. The van der Waals surface area contributed by atoms with E-state index in [0.717, 1.165) is 29.3 Å². The van der Waals surface area contributed by atoms with Crippen LogP contribution < -0.4 is 4.74 Å². The van der Waals surface area contributed by atoms with E-state index in [-0.39, 0.29) is 6.10 Å². The number of pyridine rings is 1. The lowest BCUT2D eigenvalue weighted by atomic mass is 9.99. The molecule has 0 aliphatic carbocycles. The van der Waals surface area contributed by atoms with Crippen LogP contribution in [0.25, 0.3) is 0 Å². The van der Waals surface area contributed by atoms with Gasteiger partial charge in [-0.1, -0.05) is 29.8 Å². The van der Waals surface area contributed by atoms with Crippen LogP contribution in [0.3, 0.4) is 0 Å². The zero-order valence-electron chi connectivity index (χ0n) is 9.27. The molecule has 2 nitrogen and oxygen atoms in total. The summed E-state index contributed by atoms with van der Waals surface area (Å²) in [6.07, 6.45) is 3.86. The monoisotopic (exact) mass is 245 g/mol. The number of ether oxygens (including phenoxy) is 1. The van der Waals surface area contributed by atoms with Crippen LogP contribution in [0.1, 0.15) is 23.7 Å². The van der Waals surface area contributed by atoms with Crippen LogP contribution in [-0.4, -0.2) is 4.98 Å². The lowest BCUT2D eigenvalue weighted by Crippen LogP contribution is -2.15. The number of nitrogens with zero attached hydrogens (tertiary/aromatic N) is 1. The van der Waals surface area contributed by atoms with Gasteiger partial charge in [-0.15, -0.1) is 0 Å². The van der Waals surface area contributed by atoms with Gasteiger partial charge in [0.1, 0.15) is 6.10 Å². The molecule has 1 atom stereocenters. The molecule has 0 amide bonds. The summed E-state index contributed by atoms with van der Waals surface area (Å²) in [4.78, 5) is 4.26. The SMILES string of the molecule is Clc1ccc(C2CCc3cccnc3O2)cc1. The van der Waals surface area contributed by atoms with Crippen molar-refractivity contribution in [3.05, 3.63) is 58.7 Å². The molecule has 3 rings (SSSR count). The standard InChI is InChI=1S/C14H12ClNO/c15-12-6-3-10(4-7-12)13-8-5-11-2-1-9-16-14(11)17-13/h1-4,6-7,9,13H,5,8H2. The van der Waals surface area contributed by atoms with Crippen molar-refractivity contribution in [1.82, 2.24) is 4.98 Å². The van der Waals surface area contributed by atoms with Gasteiger partial charge in [-0.05, 0) is 36.6 Å². The predicted molar refractivity (Wildman–Crippen MR) is 67.4 cm³/mol. The highest BCUT2D eigenvalue weighted by molar-refractivity contribution is 6.30. The Hall–Kier alpha value is -1.54. The Bertz CT molecular complexity index is 524. The van der Waals surface area contributed by atoms with Gasteiger partial charge in [0.05, 0.1) is 0 Å². The first kappa shape index (κ1) is 10.6. The van der Waals surface area contributed by atoms with Crippen LogP contribution in [-0.2, 0) is 6.42 Å². The van der Waals surface area contributed by atoms with Crippen molar-refractivity contribution in [3.8, 4) is 5.88 Å². The summed E-state index contributed by atoms with van der Waals surface area (Å²) in [5, 5.41) is 0.753. The van der Waals surface area contributed by atoms with Crippen molar-refractivity contribution in [2.75, 3.05) is 0 Å². The lowest BCUT2D eigenvalue weighted by molar-refractivity contribution is 0.168. The normalized spacial score (nSPS) is 18.3. The van der Waals surface area contributed by atoms with Crippen LogP contribution >= 0.6 is 11.6 Å². The molecule has 0 fully saturated rings. The van der Waals surface area contributed by atoms with Crippen LogP contribution in [0, 0.1) is 0 Å². The first-order valence-electron chi connectivity index (χ1n) is 5.69. The smallest absolute Gasteiger partial charge is 0.217 e. The Morgan fingerprint density at radius 3 is 2.82 bits per heavy atom. The van der Waals surface area contributed by atoms with Crippen LogP contribution in [0.4, 0.5) is 0 Å². The van der Waals surface area contributed by atoms with Crippen molar-refractivity contribution < 1.29 is 4.74 Å². The molecule has 0 bridgehead atoms. The van der Waals surface area contributed by atoms with Gasteiger partial charge in [0.2, 0.25) is 5.88 Å². The van der Waals surface area contributed by atoms with E-state index in [1.54, 1.807) is 6.20 Å². The Morgan fingerprint density at radius 1 is 1.18 bits per heavy atom. The third kappa shape index (κ3) is 2.13. The van der Waals surface area contributed by atoms with E-state index in [1.165, 1.54) is 5.56 Å². The van der Waals surface area contributed by atoms with E-state index in [2.05, 4.69) is 11.1 Å². The largest absolute Gasteiger partial charge is 0.469 e. The third-order valence-corrected chi connectivity index (χ3v) is 3.27. The molecule has 3 heteroatoms. The maximum atomic E-state index is 5.90. The molecule has 1 aromatic carbocycles. The van der Waals surface area contributed by atoms with Gasteiger partial charge in [-0.25, -0.2) is 4.98 Å². The van der Waals surface area contributed by atoms with Crippen LogP contribution in [0.5, 0.6) is 5.88 Å². The molecule has 2 heterocycles. The van der Waals surface area contributed by atoms with Crippen molar-refractivity contribution in [1.29, 1.82) is 0 Å². The fourth-order valence-corrected chi connectivity index (χ4v) is 2.24. The molecular weight excluding hydrogens is 234 g/mol. The summed E-state index contributed by atoms with van der Waals surface area (Å²) in [7, 11) is 0. The van der Waals surface area contributed by atoms with E-state index >= 15 is 0 Å². The molecule has 0 radical (unpaired) electrons. The summed E-state index contributed by atoms with van der Waals surface area (Å²) in [5.74, 6) is 0.763. The van der Waals surface area contributed by atoms with E-state index in [9.17, 15) is 0 Å². The molecule has 1 aliphatic rings. The van der Waals surface area contributed by atoms with Crippen LogP contribution in [0.2, 0.25) is 5.02 Å². The number of halogens is 1. The quantitative estimate of drug-likeness (QED) is 0.762. The summed E-state index contributed by atoms with van der Waals surface area (Å²) in [6.45, 7) is 0. The van der Waals surface area contributed by atoms with Gasteiger partial charge in [0, 0.05) is 16.8 Å². The molecule has 0 saturated heterocycles. The van der Waals surface area contributed by atoms with Crippen LogP contribution in [0.15, 0.2) is 42.6 Å². The average molecular weight is 246 g/mol. The molecule has 17 heavy (non-hydrogen) atoms. The second kappa shape index (κ2) is 4.38.